The second-order valence-corrected chi connectivity index (χ2v) is 8.53. The van der Waals surface area contributed by atoms with E-state index in [2.05, 4.69) is 15.4 Å². The van der Waals surface area contributed by atoms with Crippen LogP contribution in [0.5, 0.6) is 0 Å². The number of aryl methyl sites for hydroxylation is 1. The summed E-state index contributed by atoms with van der Waals surface area (Å²) in [7, 11) is 0. The number of halogens is 2. The molecule has 1 unspecified atom stereocenters. The quantitative estimate of drug-likeness (QED) is 0.475. The van der Waals surface area contributed by atoms with Gasteiger partial charge in [-0.25, -0.2) is 18.4 Å². The monoisotopic (exact) mass is 453 g/mol. The minimum atomic E-state index is -0.858. The SMILES string of the molecule is Cc1ccc(-n2ncc3c(=O)n4c(nc32)SCC4CC(=O)Nc2ccc(F)cc2F)cc1. The fourth-order valence-corrected chi connectivity index (χ4v) is 4.79. The molecule has 0 fully saturated rings. The van der Waals surface area contributed by atoms with Crippen LogP contribution in [0, 0.1) is 18.6 Å². The molecule has 0 bridgehead atoms. The molecule has 7 nitrogen and oxygen atoms in total. The van der Waals surface area contributed by atoms with Gasteiger partial charge < -0.3 is 5.32 Å². The second kappa shape index (κ2) is 7.86. The molecule has 0 radical (unpaired) electrons. The molecule has 32 heavy (non-hydrogen) atoms. The normalized spacial score (nSPS) is 15.2. The number of hydrogen-bond acceptors (Lipinski definition) is 5. The molecule has 5 rings (SSSR count). The van der Waals surface area contributed by atoms with Crippen LogP contribution in [-0.2, 0) is 4.79 Å². The van der Waals surface area contributed by atoms with Crippen molar-refractivity contribution in [2.75, 3.05) is 11.1 Å². The molecule has 4 aromatic rings. The zero-order valence-electron chi connectivity index (χ0n) is 16.9. The average Bonchev–Trinajstić information content (AvgIpc) is 3.36. The Morgan fingerprint density at radius 1 is 1.22 bits per heavy atom. The Labute approximate surface area is 185 Å². The van der Waals surface area contributed by atoms with E-state index in [4.69, 9.17) is 0 Å². The Morgan fingerprint density at radius 2 is 2.00 bits per heavy atom. The molecular formula is C22H17F2N5O2S. The molecule has 1 aliphatic heterocycles. The predicted molar refractivity (Wildman–Crippen MR) is 117 cm³/mol. The van der Waals surface area contributed by atoms with Crippen molar-refractivity contribution in [2.24, 2.45) is 0 Å². The van der Waals surface area contributed by atoms with Crippen LogP contribution in [-0.4, -0.2) is 31.0 Å². The maximum absolute atomic E-state index is 13.8. The van der Waals surface area contributed by atoms with Crippen molar-refractivity contribution in [1.82, 2.24) is 19.3 Å². The van der Waals surface area contributed by atoms with Crippen LogP contribution >= 0.6 is 11.8 Å². The van der Waals surface area contributed by atoms with Gasteiger partial charge in [-0.2, -0.15) is 5.10 Å². The highest BCUT2D eigenvalue weighted by molar-refractivity contribution is 7.99. The lowest BCUT2D eigenvalue weighted by Crippen LogP contribution is -2.28. The lowest BCUT2D eigenvalue weighted by molar-refractivity contribution is -0.116. The lowest BCUT2D eigenvalue weighted by atomic mass is 10.2. The maximum Gasteiger partial charge on any atom is 0.265 e. The van der Waals surface area contributed by atoms with E-state index in [1.165, 1.54) is 22.5 Å². The number of aromatic nitrogens is 4. The minimum absolute atomic E-state index is 0.0456. The van der Waals surface area contributed by atoms with Crippen molar-refractivity contribution in [1.29, 1.82) is 0 Å². The zero-order valence-corrected chi connectivity index (χ0v) is 17.7. The molecule has 2 aromatic heterocycles. The van der Waals surface area contributed by atoms with E-state index in [0.29, 0.717) is 28.0 Å². The topological polar surface area (TPSA) is 81.8 Å². The number of fused-ring (bicyclic) bond motifs is 2. The molecule has 1 amide bonds. The average molecular weight is 453 g/mol. The van der Waals surface area contributed by atoms with E-state index in [9.17, 15) is 18.4 Å². The second-order valence-electron chi connectivity index (χ2n) is 7.54. The Bertz CT molecular complexity index is 1410. The lowest BCUT2D eigenvalue weighted by Gasteiger charge is -2.14. The van der Waals surface area contributed by atoms with Gasteiger partial charge in [-0.15, -0.1) is 0 Å². The number of anilines is 1. The first-order valence-electron chi connectivity index (χ1n) is 9.86. The van der Waals surface area contributed by atoms with Crippen molar-refractivity contribution >= 4 is 34.4 Å². The number of rotatable bonds is 4. The molecule has 1 N–H and O–H groups in total. The molecule has 0 spiro atoms. The summed E-state index contributed by atoms with van der Waals surface area (Å²) in [4.78, 5) is 30.3. The van der Waals surface area contributed by atoms with E-state index >= 15 is 0 Å². The van der Waals surface area contributed by atoms with Gasteiger partial charge in [-0.1, -0.05) is 29.5 Å². The molecule has 1 atom stereocenters. The highest BCUT2D eigenvalue weighted by Gasteiger charge is 2.29. The Balaban J connectivity index is 1.44. The molecule has 0 aliphatic carbocycles. The molecule has 0 saturated heterocycles. The summed E-state index contributed by atoms with van der Waals surface area (Å²) in [6.07, 6.45) is 1.43. The van der Waals surface area contributed by atoms with Crippen molar-refractivity contribution in [2.45, 2.75) is 24.5 Å². The van der Waals surface area contributed by atoms with E-state index in [1.54, 1.807) is 4.68 Å². The van der Waals surface area contributed by atoms with Crippen molar-refractivity contribution in [3.63, 3.8) is 0 Å². The predicted octanol–water partition coefficient (Wildman–Crippen LogP) is 3.84. The highest BCUT2D eigenvalue weighted by Crippen LogP contribution is 2.33. The van der Waals surface area contributed by atoms with Gasteiger partial charge >= 0.3 is 0 Å². The molecule has 0 saturated carbocycles. The van der Waals surface area contributed by atoms with Crippen molar-refractivity contribution in [3.05, 3.63) is 76.2 Å². The summed E-state index contributed by atoms with van der Waals surface area (Å²) in [6, 6.07) is 10.2. The van der Waals surface area contributed by atoms with Crippen LogP contribution in [0.1, 0.15) is 18.0 Å². The van der Waals surface area contributed by atoms with Gasteiger partial charge in [-0.05, 0) is 31.2 Å². The summed E-state index contributed by atoms with van der Waals surface area (Å²) in [6.45, 7) is 1.99. The van der Waals surface area contributed by atoms with Crippen LogP contribution in [0.3, 0.4) is 0 Å². The van der Waals surface area contributed by atoms with Gasteiger partial charge in [0.2, 0.25) is 5.91 Å². The Hall–Kier alpha value is -3.53. The third kappa shape index (κ3) is 3.56. The fraction of sp³-hybridized carbons (Fsp3) is 0.182. The van der Waals surface area contributed by atoms with Gasteiger partial charge in [0, 0.05) is 18.2 Å². The standard InChI is InChI=1S/C22H17F2N5O2S/c1-12-2-5-14(6-3-12)29-20-16(10-25-29)21(31)28-15(11-32-22(28)27-20)9-19(30)26-18-7-4-13(23)8-17(18)24/h2-8,10,15H,9,11H2,1H3,(H,26,30). The fourth-order valence-electron chi connectivity index (χ4n) is 3.66. The van der Waals surface area contributed by atoms with Gasteiger partial charge in [0.1, 0.15) is 17.0 Å². The number of thioether (sulfide) groups is 1. The smallest absolute Gasteiger partial charge is 0.265 e. The number of amides is 1. The third-order valence-electron chi connectivity index (χ3n) is 5.28. The van der Waals surface area contributed by atoms with Crippen LogP contribution in [0.15, 0.2) is 58.6 Å². The molecule has 2 aromatic carbocycles. The van der Waals surface area contributed by atoms with Crippen molar-refractivity contribution in [3.8, 4) is 5.69 Å². The van der Waals surface area contributed by atoms with Gasteiger partial charge in [0.25, 0.3) is 5.56 Å². The highest BCUT2D eigenvalue weighted by atomic mass is 32.2. The number of hydrogen-bond donors (Lipinski definition) is 1. The number of carbonyl (C=O) groups excluding carboxylic acids is 1. The summed E-state index contributed by atoms with van der Waals surface area (Å²) in [5, 5.41) is 7.63. The van der Waals surface area contributed by atoms with E-state index in [0.717, 1.165) is 23.4 Å². The van der Waals surface area contributed by atoms with E-state index in [-0.39, 0.29) is 17.7 Å². The van der Waals surface area contributed by atoms with E-state index in [1.807, 2.05) is 31.2 Å². The van der Waals surface area contributed by atoms with Gasteiger partial charge in [0.05, 0.1) is 23.6 Å². The molecule has 162 valence electrons. The Kier molecular flexibility index (Phi) is 5.01. The minimum Gasteiger partial charge on any atom is -0.324 e. The first-order chi connectivity index (χ1) is 15.4. The summed E-state index contributed by atoms with van der Waals surface area (Å²) in [5.74, 6) is -1.58. The first kappa shape index (κ1) is 20.4. The first-order valence-corrected chi connectivity index (χ1v) is 10.8. The van der Waals surface area contributed by atoms with Gasteiger partial charge in [0.15, 0.2) is 10.8 Å². The van der Waals surface area contributed by atoms with Crippen molar-refractivity contribution < 1.29 is 13.6 Å². The number of nitrogens with zero attached hydrogens (tertiary/aromatic N) is 4. The summed E-state index contributed by atoms with van der Waals surface area (Å²) >= 11 is 1.38. The largest absolute Gasteiger partial charge is 0.324 e. The van der Waals surface area contributed by atoms with Crippen LogP contribution in [0.2, 0.25) is 0 Å². The third-order valence-corrected chi connectivity index (χ3v) is 6.37. The summed E-state index contributed by atoms with van der Waals surface area (Å²) < 4.78 is 30.0. The number of nitrogens with one attached hydrogen (secondary N) is 1. The van der Waals surface area contributed by atoms with Crippen LogP contribution in [0.25, 0.3) is 16.7 Å². The van der Waals surface area contributed by atoms with Crippen LogP contribution < -0.4 is 10.9 Å². The number of carbonyl (C=O) groups is 1. The zero-order chi connectivity index (χ0) is 22.4. The molecular weight excluding hydrogens is 436 g/mol. The summed E-state index contributed by atoms with van der Waals surface area (Å²) in [5.41, 5.74) is 1.97. The van der Waals surface area contributed by atoms with Gasteiger partial charge in [-0.3, -0.25) is 14.2 Å². The molecule has 1 aliphatic rings. The molecule has 3 heterocycles. The number of benzene rings is 2. The maximum atomic E-state index is 13.8. The Morgan fingerprint density at radius 3 is 2.75 bits per heavy atom. The van der Waals surface area contributed by atoms with Crippen LogP contribution in [0.4, 0.5) is 14.5 Å². The van der Waals surface area contributed by atoms with E-state index < -0.39 is 23.6 Å². The molecule has 10 heteroatoms.